The number of nitrogens with zero attached hydrogens (tertiary/aromatic N) is 1. The van der Waals surface area contributed by atoms with Gasteiger partial charge in [0.25, 0.3) is 0 Å². The predicted octanol–water partition coefficient (Wildman–Crippen LogP) is 2.78. The molecule has 0 aliphatic heterocycles. The molecule has 108 valence electrons. The third-order valence-corrected chi connectivity index (χ3v) is 2.44. The molecule has 1 aromatic rings. The van der Waals surface area contributed by atoms with Crippen molar-refractivity contribution in [3.05, 3.63) is 29.8 Å². The highest BCUT2D eigenvalue weighted by Gasteiger charge is 1.99. The highest BCUT2D eigenvalue weighted by molar-refractivity contribution is 14.0. The van der Waals surface area contributed by atoms with E-state index >= 15 is 0 Å². The lowest BCUT2D eigenvalue weighted by atomic mass is 10.2. The first kappa shape index (κ1) is 18.0. The Kier molecular flexibility index (Phi) is 10.3. The molecule has 1 aromatic carbocycles. The summed E-state index contributed by atoms with van der Waals surface area (Å²) in [6, 6.07) is 8.09. The second-order valence-corrected chi connectivity index (χ2v) is 3.93. The Balaban J connectivity index is 0.00000324. The van der Waals surface area contributed by atoms with E-state index in [1.54, 1.807) is 7.05 Å². The van der Waals surface area contributed by atoms with Gasteiger partial charge in [-0.25, -0.2) is 0 Å². The van der Waals surface area contributed by atoms with Gasteiger partial charge in [0.15, 0.2) is 5.96 Å². The van der Waals surface area contributed by atoms with E-state index in [-0.39, 0.29) is 24.0 Å². The number of nitrogens with one attached hydrogen (secondary N) is 2. The molecule has 0 fully saturated rings. The third kappa shape index (κ3) is 7.25. The fraction of sp³-hybridized carbons (Fsp3) is 0.500. The molecule has 5 heteroatoms. The second-order valence-electron chi connectivity index (χ2n) is 3.93. The molecular formula is C14H24IN3O. The van der Waals surface area contributed by atoms with Crippen LogP contribution < -0.4 is 15.4 Å². The van der Waals surface area contributed by atoms with Crippen LogP contribution in [0.5, 0.6) is 5.75 Å². The number of ether oxygens (including phenoxy) is 1. The Morgan fingerprint density at radius 1 is 1.26 bits per heavy atom. The molecule has 0 saturated heterocycles. The van der Waals surface area contributed by atoms with Crippen molar-refractivity contribution in [3.63, 3.8) is 0 Å². The van der Waals surface area contributed by atoms with Crippen LogP contribution in [0.4, 0.5) is 0 Å². The highest BCUT2D eigenvalue weighted by Crippen LogP contribution is 2.12. The topological polar surface area (TPSA) is 45.7 Å². The SMILES string of the molecule is CCCNC(=NC)NCc1cccc(OCC)c1.I. The van der Waals surface area contributed by atoms with Gasteiger partial charge in [0, 0.05) is 20.1 Å². The van der Waals surface area contributed by atoms with Crippen LogP contribution >= 0.6 is 24.0 Å². The fourth-order valence-electron chi connectivity index (χ4n) is 1.56. The second kappa shape index (κ2) is 10.9. The van der Waals surface area contributed by atoms with Gasteiger partial charge >= 0.3 is 0 Å². The molecule has 0 radical (unpaired) electrons. The fourth-order valence-corrected chi connectivity index (χ4v) is 1.56. The zero-order valence-electron chi connectivity index (χ0n) is 11.9. The minimum Gasteiger partial charge on any atom is -0.494 e. The Hall–Kier alpha value is -0.980. The van der Waals surface area contributed by atoms with Crippen LogP contribution in [0.3, 0.4) is 0 Å². The minimum absolute atomic E-state index is 0. The van der Waals surface area contributed by atoms with E-state index in [1.807, 2.05) is 25.1 Å². The van der Waals surface area contributed by atoms with Gasteiger partial charge in [0.1, 0.15) is 5.75 Å². The van der Waals surface area contributed by atoms with Crippen LogP contribution in [0.25, 0.3) is 0 Å². The van der Waals surface area contributed by atoms with E-state index in [2.05, 4.69) is 28.6 Å². The van der Waals surface area contributed by atoms with Crippen LogP contribution in [0.1, 0.15) is 25.8 Å². The van der Waals surface area contributed by atoms with Gasteiger partial charge in [-0.05, 0) is 31.0 Å². The molecule has 19 heavy (non-hydrogen) atoms. The van der Waals surface area contributed by atoms with E-state index in [0.29, 0.717) is 6.61 Å². The molecule has 0 aromatic heterocycles. The normalized spacial score (nSPS) is 10.6. The molecule has 0 aliphatic rings. The zero-order chi connectivity index (χ0) is 13.2. The summed E-state index contributed by atoms with van der Waals surface area (Å²) in [5.74, 6) is 1.74. The monoisotopic (exact) mass is 377 g/mol. The van der Waals surface area contributed by atoms with Crippen molar-refractivity contribution in [1.29, 1.82) is 0 Å². The standard InChI is InChI=1S/C14H23N3O.HI/c1-4-9-16-14(15-3)17-11-12-7-6-8-13(10-12)18-5-2;/h6-8,10H,4-5,9,11H2,1-3H3,(H2,15,16,17);1H. The number of hydrogen-bond donors (Lipinski definition) is 2. The van der Waals surface area contributed by atoms with E-state index in [1.165, 1.54) is 5.56 Å². The number of benzene rings is 1. The molecule has 0 bridgehead atoms. The maximum atomic E-state index is 5.47. The smallest absolute Gasteiger partial charge is 0.191 e. The van der Waals surface area contributed by atoms with Gasteiger partial charge in [-0.3, -0.25) is 4.99 Å². The van der Waals surface area contributed by atoms with E-state index < -0.39 is 0 Å². The molecule has 4 nitrogen and oxygen atoms in total. The van der Waals surface area contributed by atoms with Crippen molar-refractivity contribution in [3.8, 4) is 5.75 Å². The lowest BCUT2D eigenvalue weighted by Crippen LogP contribution is -2.37. The maximum Gasteiger partial charge on any atom is 0.191 e. The summed E-state index contributed by atoms with van der Waals surface area (Å²) in [6.45, 7) is 6.48. The Morgan fingerprint density at radius 2 is 2.05 bits per heavy atom. The molecule has 0 amide bonds. The highest BCUT2D eigenvalue weighted by atomic mass is 127. The molecule has 1 rings (SSSR count). The maximum absolute atomic E-state index is 5.47. The largest absolute Gasteiger partial charge is 0.494 e. The van der Waals surface area contributed by atoms with Crippen LogP contribution in [-0.2, 0) is 6.54 Å². The molecule has 0 saturated carbocycles. The minimum atomic E-state index is 0. The first-order chi connectivity index (χ1) is 8.80. The first-order valence-electron chi connectivity index (χ1n) is 6.46. The van der Waals surface area contributed by atoms with Crippen molar-refractivity contribution in [2.75, 3.05) is 20.2 Å². The van der Waals surface area contributed by atoms with Crippen molar-refractivity contribution in [2.45, 2.75) is 26.8 Å². The summed E-state index contributed by atoms with van der Waals surface area (Å²) in [6.07, 6.45) is 1.08. The molecule has 2 N–H and O–H groups in total. The van der Waals surface area contributed by atoms with E-state index in [4.69, 9.17) is 4.74 Å². The Bertz CT molecular complexity index is 383. The number of halogens is 1. The first-order valence-corrected chi connectivity index (χ1v) is 6.46. The van der Waals surface area contributed by atoms with Crippen molar-refractivity contribution >= 4 is 29.9 Å². The molecule has 0 atom stereocenters. The molecule has 0 spiro atoms. The van der Waals surface area contributed by atoms with Crippen LogP contribution in [0, 0.1) is 0 Å². The summed E-state index contributed by atoms with van der Waals surface area (Å²) in [5.41, 5.74) is 1.18. The van der Waals surface area contributed by atoms with Crippen molar-refractivity contribution in [2.24, 2.45) is 4.99 Å². The summed E-state index contributed by atoms with van der Waals surface area (Å²) >= 11 is 0. The number of hydrogen-bond acceptors (Lipinski definition) is 2. The number of rotatable bonds is 6. The lowest BCUT2D eigenvalue weighted by molar-refractivity contribution is 0.340. The zero-order valence-corrected chi connectivity index (χ0v) is 14.2. The predicted molar refractivity (Wildman–Crippen MR) is 91.5 cm³/mol. The number of aliphatic imine (C=N–C) groups is 1. The van der Waals surface area contributed by atoms with Gasteiger partial charge in [-0.1, -0.05) is 19.1 Å². The Labute approximate surface area is 133 Å². The van der Waals surface area contributed by atoms with Gasteiger partial charge < -0.3 is 15.4 Å². The average molecular weight is 377 g/mol. The van der Waals surface area contributed by atoms with Crippen molar-refractivity contribution < 1.29 is 4.74 Å². The number of guanidine groups is 1. The molecular weight excluding hydrogens is 353 g/mol. The summed E-state index contributed by atoms with van der Waals surface area (Å²) in [4.78, 5) is 4.16. The van der Waals surface area contributed by atoms with E-state index in [0.717, 1.165) is 31.2 Å². The van der Waals surface area contributed by atoms with Crippen LogP contribution in [-0.4, -0.2) is 26.2 Å². The van der Waals surface area contributed by atoms with Gasteiger partial charge in [-0.15, -0.1) is 24.0 Å². The Morgan fingerprint density at radius 3 is 2.68 bits per heavy atom. The molecule has 0 unspecified atom stereocenters. The van der Waals surface area contributed by atoms with E-state index in [9.17, 15) is 0 Å². The third-order valence-electron chi connectivity index (χ3n) is 2.44. The van der Waals surface area contributed by atoms with Crippen LogP contribution in [0.2, 0.25) is 0 Å². The summed E-state index contributed by atoms with van der Waals surface area (Å²) in [7, 11) is 1.78. The van der Waals surface area contributed by atoms with Gasteiger partial charge in [-0.2, -0.15) is 0 Å². The lowest BCUT2D eigenvalue weighted by Gasteiger charge is -2.11. The van der Waals surface area contributed by atoms with Gasteiger partial charge in [0.05, 0.1) is 6.61 Å². The van der Waals surface area contributed by atoms with Crippen LogP contribution in [0.15, 0.2) is 29.3 Å². The molecule has 0 heterocycles. The average Bonchev–Trinajstić information content (AvgIpc) is 2.40. The molecule has 0 aliphatic carbocycles. The van der Waals surface area contributed by atoms with Gasteiger partial charge in [0.2, 0.25) is 0 Å². The quantitative estimate of drug-likeness (QED) is 0.455. The summed E-state index contributed by atoms with van der Waals surface area (Å²) < 4.78 is 5.47. The van der Waals surface area contributed by atoms with Crippen molar-refractivity contribution in [1.82, 2.24) is 10.6 Å². The summed E-state index contributed by atoms with van der Waals surface area (Å²) in [5, 5.41) is 6.51.